The van der Waals surface area contributed by atoms with Crippen LogP contribution in [0.5, 0.6) is 0 Å². The molecule has 0 radical (unpaired) electrons. The number of hydrogen-bond acceptors (Lipinski definition) is 4. The molecule has 1 aliphatic carbocycles. The van der Waals surface area contributed by atoms with Crippen molar-refractivity contribution in [1.29, 1.82) is 0 Å². The van der Waals surface area contributed by atoms with E-state index in [1.165, 1.54) is 33.7 Å². The quantitative estimate of drug-likeness (QED) is 0.504. The standard InChI is InChI=1S/C24H20FN3O2S/c25-16-10-12-17(13-11-16)26-20(29)14-28-22(15-6-2-1-3-7-15)27-23-21(24(28)30)18-8-4-5-9-19(18)31-23/h1-3,6-7,10-13H,4-5,8-9,14H2,(H,26,29). The number of rotatable bonds is 4. The summed E-state index contributed by atoms with van der Waals surface area (Å²) in [4.78, 5) is 33.2. The van der Waals surface area contributed by atoms with E-state index in [0.717, 1.165) is 41.6 Å². The molecule has 2 aromatic heterocycles. The molecular formula is C24H20FN3O2S. The van der Waals surface area contributed by atoms with E-state index in [1.54, 1.807) is 11.3 Å². The van der Waals surface area contributed by atoms with Crippen LogP contribution < -0.4 is 10.9 Å². The molecule has 5 nitrogen and oxygen atoms in total. The molecule has 5 rings (SSSR count). The fourth-order valence-electron chi connectivity index (χ4n) is 4.07. The monoisotopic (exact) mass is 433 g/mol. The smallest absolute Gasteiger partial charge is 0.263 e. The maximum Gasteiger partial charge on any atom is 0.263 e. The Morgan fingerprint density at radius 3 is 2.58 bits per heavy atom. The number of benzene rings is 2. The molecule has 7 heteroatoms. The minimum absolute atomic E-state index is 0.173. The Bertz CT molecular complexity index is 1330. The van der Waals surface area contributed by atoms with E-state index >= 15 is 0 Å². The summed E-state index contributed by atoms with van der Waals surface area (Å²) >= 11 is 1.59. The number of hydrogen-bond donors (Lipinski definition) is 1. The molecule has 0 bridgehead atoms. The molecular weight excluding hydrogens is 413 g/mol. The van der Waals surface area contributed by atoms with Crippen molar-refractivity contribution >= 4 is 33.1 Å². The number of nitrogens with one attached hydrogen (secondary N) is 1. The number of nitrogens with zero attached hydrogens (tertiary/aromatic N) is 2. The molecule has 2 heterocycles. The van der Waals surface area contributed by atoms with E-state index in [0.29, 0.717) is 16.9 Å². The van der Waals surface area contributed by atoms with Crippen molar-refractivity contribution in [3.8, 4) is 11.4 Å². The first-order valence-corrected chi connectivity index (χ1v) is 11.1. The second-order valence-corrected chi connectivity index (χ2v) is 8.72. The molecule has 0 fully saturated rings. The fourth-order valence-corrected chi connectivity index (χ4v) is 5.32. The van der Waals surface area contributed by atoms with E-state index in [4.69, 9.17) is 4.98 Å². The normalized spacial score (nSPS) is 13.2. The van der Waals surface area contributed by atoms with E-state index in [2.05, 4.69) is 5.32 Å². The molecule has 1 aliphatic rings. The highest BCUT2D eigenvalue weighted by Crippen LogP contribution is 2.34. The molecule has 0 spiro atoms. The largest absolute Gasteiger partial charge is 0.325 e. The highest BCUT2D eigenvalue weighted by molar-refractivity contribution is 7.18. The van der Waals surface area contributed by atoms with Crippen LogP contribution in [-0.2, 0) is 24.2 Å². The third-order valence-electron chi connectivity index (χ3n) is 5.54. The van der Waals surface area contributed by atoms with E-state index in [9.17, 15) is 14.0 Å². The number of carbonyl (C=O) groups is 1. The summed E-state index contributed by atoms with van der Waals surface area (Å²) in [5, 5.41) is 3.38. The van der Waals surface area contributed by atoms with Gasteiger partial charge in [0, 0.05) is 16.1 Å². The Labute approximate surface area is 182 Å². The van der Waals surface area contributed by atoms with E-state index in [-0.39, 0.29) is 23.8 Å². The number of aromatic nitrogens is 2. The third-order valence-corrected chi connectivity index (χ3v) is 6.72. The lowest BCUT2D eigenvalue weighted by atomic mass is 9.97. The maximum absolute atomic E-state index is 13.6. The molecule has 0 atom stereocenters. The number of fused-ring (bicyclic) bond motifs is 3. The van der Waals surface area contributed by atoms with Gasteiger partial charge in [-0.2, -0.15) is 0 Å². The van der Waals surface area contributed by atoms with Crippen molar-refractivity contribution in [1.82, 2.24) is 9.55 Å². The van der Waals surface area contributed by atoms with Gasteiger partial charge >= 0.3 is 0 Å². The van der Waals surface area contributed by atoms with Gasteiger partial charge in [-0.05, 0) is 55.5 Å². The first kappa shape index (κ1) is 19.6. The van der Waals surface area contributed by atoms with Crippen LogP contribution in [0.25, 0.3) is 21.6 Å². The number of halogens is 1. The Balaban J connectivity index is 1.60. The molecule has 1 amide bonds. The Hall–Kier alpha value is -3.32. The van der Waals surface area contributed by atoms with Crippen LogP contribution in [0.3, 0.4) is 0 Å². The SMILES string of the molecule is O=C(Cn1c(-c2ccccc2)nc2sc3c(c2c1=O)CCCC3)Nc1ccc(F)cc1. The van der Waals surface area contributed by atoms with Crippen LogP contribution in [0.1, 0.15) is 23.3 Å². The zero-order valence-corrected chi connectivity index (χ0v) is 17.5. The predicted molar refractivity (Wildman–Crippen MR) is 121 cm³/mol. The minimum Gasteiger partial charge on any atom is -0.325 e. The summed E-state index contributed by atoms with van der Waals surface area (Å²) in [6.07, 6.45) is 4.03. The van der Waals surface area contributed by atoms with Crippen LogP contribution in [-0.4, -0.2) is 15.5 Å². The number of amides is 1. The summed E-state index contributed by atoms with van der Waals surface area (Å²) in [5.74, 6) is -0.264. The average molecular weight is 434 g/mol. The number of aryl methyl sites for hydroxylation is 2. The molecule has 1 N–H and O–H groups in total. The van der Waals surface area contributed by atoms with E-state index in [1.807, 2.05) is 30.3 Å². The van der Waals surface area contributed by atoms with E-state index < -0.39 is 0 Å². The van der Waals surface area contributed by atoms with Crippen LogP contribution in [0.2, 0.25) is 0 Å². The van der Waals surface area contributed by atoms with Gasteiger partial charge in [0.2, 0.25) is 5.91 Å². The first-order valence-electron chi connectivity index (χ1n) is 10.3. The molecule has 0 saturated carbocycles. The predicted octanol–water partition coefficient (Wildman–Crippen LogP) is 4.78. The van der Waals surface area contributed by atoms with Gasteiger partial charge in [-0.1, -0.05) is 30.3 Å². The Morgan fingerprint density at radius 1 is 1.06 bits per heavy atom. The molecule has 0 unspecified atom stereocenters. The van der Waals surface area contributed by atoms with Gasteiger partial charge in [0.05, 0.1) is 5.39 Å². The highest BCUT2D eigenvalue weighted by atomic mass is 32.1. The van der Waals surface area contributed by atoms with Crippen molar-refractivity contribution in [3.05, 3.63) is 81.2 Å². The highest BCUT2D eigenvalue weighted by Gasteiger charge is 2.23. The lowest BCUT2D eigenvalue weighted by Crippen LogP contribution is -2.30. The second kappa shape index (κ2) is 8.07. The summed E-state index contributed by atoms with van der Waals surface area (Å²) in [6.45, 7) is -0.173. The maximum atomic E-state index is 13.6. The van der Waals surface area contributed by atoms with Crippen LogP contribution >= 0.6 is 11.3 Å². The zero-order chi connectivity index (χ0) is 21.4. The lowest BCUT2D eigenvalue weighted by Gasteiger charge is -2.14. The zero-order valence-electron chi connectivity index (χ0n) is 16.7. The fraction of sp³-hybridized carbons (Fsp3) is 0.208. The lowest BCUT2D eigenvalue weighted by molar-refractivity contribution is -0.116. The van der Waals surface area contributed by atoms with Gasteiger partial charge in [-0.15, -0.1) is 11.3 Å². The second-order valence-electron chi connectivity index (χ2n) is 7.64. The molecule has 31 heavy (non-hydrogen) atoms. The number of carbonyl (C=O) groups excluding carboxylic acids is 1. The summed E-state index contributed by atoms with van der Waals surface area (Å²) in [7, 11) is 0. The number of thiophene rings is 1. The van der Waals surface area contributed by atoms with Crippen molar-refractivity contribution in [2.45, 2.75) is 32.2 Å². The van der Waals surface area contributed by atoms with Crippen molar-refractivity contribution < 1.29 is 9.18 Å². The Kier molecular flexibility index (Phi) is 5.11. The van der Waals surface area contributed by atoms with Crippen molar-refractivity contribution in [2.75, 3.05) is 5.32 Å². The third kappa shape index (κ3) is 3.77. The van der Waals surface area contributed by atoms with Crippen LogP contribution in [0.15, 0.2) is 59.4 Å². The van der Waals surface area contributed by atoms with Gasteiger partial charge in [0.15, 0.2) is 0 Å². The molecule has 4 aromatic rings. The van der Waals surface area contributed by atoms with Crippen molar-refractivity contribution in [2.24, 2.45) is 0 Å². The first-order chi connectivity index (χ1) is 15.1. The molecule has 156 valence electrons. The summed E-state index contributed by atoms with van der Waals surface area (Å²) in [5.41, 5.74) is 2.17. The number of anilines is 1. The van der Waals surface area contributed by atoms with Crippen molar-refractivity contribution in [3.63, 3.8) is 0 Å². The summed E-state index contributed by atoms with van der Waals surface area (Å²) in [6, 6.07) is 15.0. The molecule has 0 aliphatic heterocycles. The van der Waals surface area contributed by atoms with Gasteiger partial charge in [-0.3, -0.25) is 14.2 Å². The van der Waals surface area contributed by atoms with Gasteiger partial charge in [-0.25, -0.2) is 9.37 Å². The van der Waals surface area contributed by atoms with Gasteiger partial charge in [0.25, 0.3) is 5.56 Å². The molecule has 2 aromatic carbocycles. The van der Waals surface area contributed by atoms with Gasteiger partial charge in [0.1, 0.15) is 23.0 Å². The summed E-state index contributed by atoms with van der Waals surface area (Å²) < 4.78 is 14.6. The van der Waals surface area contributed by atoms with Gasteiger partial charge < -0.3 is 5.32 Å². The van der Waals surface area contributed by atoms with Crippen LogP contribution in [0.4, 0.5) is 10.1 Å². The molecule has 0 saturated heterocycles. The Morgan fingerprint density at radius 2 is 1.81 bits per heavy atom. The topological polar surface area (TPSA) is 64.0 Å². The minimum atomic E-state index is -0.377. The van der Waals surface area contributed by atoms with Crippen LogP contribution in [0, 0.1) is 5.82 Å². The average Bonchev–Trinajstić information content (AvgIpc) is 3.16.